The number of rotatable bonds is 7. The van der Waals surface area contributed by atoms with Crippen LogP contribution in [-0.4, -0.2) is 18.8 Å². The fourth-order valence-electron chi connectivity index (χ4n) is 6.79. The minimum atomic E-state index is -0.253. The number of hydrogen-bond acceptors (Lipinski definition) is 6. The van der Waals surface area contributed by atoms with Crippen molar-refractivity contribution in [3.8, 4) is 17.2 Å². The van der Waals surface area contributed by atoms with Crippen LogP contribution in [0.2, 0.25) is 0 Å². The molecule has 48 heavy (non-hydrogen) atoms. The molecule has 1 atom stereocenters. The van der Waals surface area contributed by atoms with Crippen molar-refractivity contribution in [1.29, 1.82) is 0 Å². The largest absolute Gasteiger partial charge is 0.497 e. The number of hydrogen-bond donors (Lipinski definition) is 0. The highest BCUT2D eigenvalue weighted by Crippen LogP contribution is 2.41. The van der Waals surface area contributed by atoms with E-state index in [-0.39, 0.29) is 11.6 Å². The van der Waals surface area contributed by atoms with Crippen molar-refractivity contribution >= 4 is 56.5 Å². The van der Waals surface area contributed by atoms with Gasteiger partial charge >= 0.3 is 0 Å². The van der Waals surface area contributed by atoms with Crippen molar-refractivity contribution in [3.63, 3.8) is 0 Å². The maximum atomic E-state index is 14.3. The molecule has 6 aromatic rings. The number of methoxy groups -OCH3 is 2. The summed E-state index contributed by atoms with van der Waals surface area (Å²) in [6.07, 6.45) is 3.69. The molecule has 1 aliphatic carbocycles. The number of fused-ring (bicyclic) bond motifs is 4. The van der Waals surface area contributed by atoms with Crippen LogP contribution < -0.4 is 29.1 Å². The third-order valence-corrected chi connectivity index (χ3v) is 10.9. The van der Waals surface area contributed by atoms with Crippen molar-refractivity contribution in [3.05, 3.63) is 160 Å². The van der Waals surface area contributed by atoms with Gasteiger partial charge in [0.1, 0.15) is 12.4 Å². The zero-order valence-corrected chi connectivity index (χ0v) is 29.4. The van der Waals surface area contributed by atoms with E-state index < -0.39 is 0 Å². The second-order valence-electron chi connectivity index (χ2n) is 11.8. The second-order valence-corrected chi connectivity index (χ2v) is 14.0. The Morgan fingerprint density at radius 3 is 2.54 bits per heavy atom. The Labute approximate surface area is 295 Å². The molecule has 0 bridgehead atoms. The number of aromatic nitrogens is 1. The van der Waals surface area contributed by atoms with Crippen molar-refractivity contribution in [1.82, 2.24) is 4.57 Å². The van der Waals surface area contributed by atoms with Crippen molar-refractivity contribution in [2.24, 2.45) is 4.99 Å². The first kappa shape index (κ1) is 30.7. The lowest BCUT2D eigenvalue weighted by Gasteiger charge is -2.30. The number of benzene rings is 5. The van der Waals surface area contributed by atoms with Crippen LogP contribution in [0.15, 0.2) is 118 Å². The maximum absolute atomic E-state index is 14.3. The highest BCUT2D eigenvalue weighted by molar-refractivity contribution is 14.1. The van der Waals surface area contributed by atoms with Gasteiger partial charge in [-0.3, -0.25) is 9.36 Å². The Kier molecular flexibility index (Phi) is 8.14. The Bertz CT molecular complexity index is 2420. The van der Waals surface area contributed by atoms with E-state index in [9.17, 15) is 4.79 Å². The summed E-state index contributed by atoms with van der Waals surface area (Å²) in [5.74, 6) is 2.07. The van der Waals surface area contributed by atoms with Crippen LogP contribution in [0.4, 0.5) is 0 Å². The molecule has 0 spiro atoms. The van der Waals surface area contributed by atoms with E-state index in [0.717, 1.165) is 50.1 Å². The van der Waals surface area contributed by atoms with Gasteiger partial charge in [0, 0.05) is 5.56 Å². The molecule has 8 heteroatoms. The molecular formula is C40H31IN2O4S. The van der Waals surface area contributed by atoms with Gasteiger partial charge in [0.05, 0.1) is 34.1 Å². The normalized spacial score (nSPS) is 15.4. The molecule has 1 aromatic heterocycles. The molecule has 0 radical (unpaired) electrons. The van der Waals surface area contributed by atoms with Crippen LogP contribution in [0.1, 0.15) is 40.3 Å². The Morgan fingerprint density at radius 2 is 1.71 bits per heavy atom. The molecular weight excluding hydrogens is 731 g/mol. The van der Waals surface area contributed by atoms with Gasteiger partial charge < -0.3 is 14.2 Å². The summed E-state index contributed by atoms with van der Waals surface area (Å²) in [5.41, 5.74) is 7.52. The average molecular weight is 763 g/mol. The molecule has 0 unspecified atom stereocenters. The van der Waals surface area contributed by atoms with Crippen LogP contribution in [0.5, 0.6) is 17.2 Å². The van der Waals surface area contributed by atoms with Gasteiger partial charge in [0.2, 0.25) is 0 Å². The second kappa shape index (κ2) is 12.7. The minimum Gasteiger partial charge on any atom is -0.497 e. The predicted molar refractivity (Wildman–Crippen MR) is 200 cm³/mol. The monoisotopic (exact) mass is 762 g/mol. The first-order valence-electron chi connectivity index (χ1n) is 15.8. The molecule has 5 aromatic carbocycles. The van der Waals surface area contributed by atoms with Gasteiger partial charge in [0.25, 0.3) is 5.56 Å². The van der Waals surface area contributed by atoms with Crippen LogP contribution >= 0.6 is 33.9 Å². The highest BCUT2D eigenvalue weighted by Gasteiger charge is 2.32. The fraction of sp³-hybridized carbons (Fsp3) is 0.150. The Hall–Kier alpha value is -4.67. The summed E-state index contributed by atoms with van der Waals surface area (Å²) >= 11 is 3.70. The molecule has 8 rings (SSSR count). The smallest absolute Gasteiger partial charge is 0.271 e. The Morgan fingerprint density at radius 1 is 0.917 bits per heavy atom. The number of nitrogens with zero attached hydrogens (tertiary/aromatic N) is 2. The van der Waals surface area contributed by atoms with Gasteiger partial charge in [-0.2, -0.15) is 0 Å². The lowest BCUT2D eigenvalue weighted by atomic mass is 9.83. The van der Waals surface area contributed by atoms with E-state index in [1.165, 1.54) is 33.2 Å². The zero-order chi connectivity index (χ0) is 32.8. The lowest BCUT2D eigenvalue weighted by Crippen LogP contribution is -2.38. The number of thiazole rings is 1. The molecule has 0 saturated carbocycles. The van der Waals surface area contributed by atoms with Crippen molar-refractivity contribution in [2.75, 3.05) is 14.2 Å². The molecule has 2 heterocycles. The summed E-state index contributed by atoms with van der Waals surface area (Å²) < 4.78 is 21.0. The zero-order valence-electron chi connectivity index (χ0n) is 26.4. The average Bonchev–Trinajstić information content (AvgIpc) is 3.43. The summed E-state index contributed by atoms with van der Waals surface area (Å²) in [5, 5.41) is 2.34. The van der Waals surface area contributed by atoms with Crippen molar-refractivity contribution < 1.29 is 14.2 Å². The van der Waals surface area contributed by atoms with Gasteiger partial charge in [0.15, 0.2) is 16.3 Å². The van der Waals surface area contributed by atoms with E-state index >= 15 is 0 Å². The molecule has 1 aliphatic heterocycles. The Balaban J connectivity index is 1.20. The van der Waals surface area contributed by atoms with E-state index in [1.54, 1.807) is 14.2 Å². The first-order chi connectivity index (χ1) is 23.5. The SMILES string of the molecule is COc1ccc([C@@H]2C3=C(N=c4s/c(=C\c5cc(I)c(OCc6cccc7ccccc67)c(OC)c5)c(=O)n42)c2ccccc2CC3)cc1. The predicted octanol–water partition coefficient (Wildman–Crippen LogP) is 7.67. The molecule has 238 valence electrons. The fourth-order valence-corrected chi connectivity index (χ4v) is 8.57. The van der Waals surface area contributed by atoms with Crippen LogP contribution in [-0.2, 0) is 13.0 Å². The molecule has 0 N–H and O–H groups in total. The molecule has 0 amide bonds. The van der Waals surface area contributed by atoms with E-state index in [1.807, 2.05) is 47.0 Å². The molecule has 0 saturated heterocycles. The molecule has 0 fully saturated rings. The summed E-state index contributed by atoms with van der Waals surface area (Å²) in [6, 6.07) is 34.8. The van der Waals surface area contributed by atoms with E-state index in [0.29, 0.717) is 27.4 Å². The lowest BCUT2D eigenvalue weighted by molar-refractivity contribution is 0.283. The standard InChI is InChI=1S/C40H31IN2O4S/c1-45-29-17-14-27(15-18-29)37-32-19-16-26-9-4-6-13-31(26)36(32)42-40-43(37)39(44)35(48-40)22-24-20-33(41)38(34(21-24)46-2)47-23-28-11-7-10-25-8-3-5-12-30(25)28/h3-15,17-18,20-22,37H,16,19,23H2,1-2H3/b35-22-/t37-/m1/s1. The minimum absolute atomic E-state index is 0.0600. The number of halogens is 1. The van der Waals surface area contributed by atoms with E-state index in [4.69, 9.17) is 19.2 Å². The first-order valence-corrected chi connectivity index (χ1v) is 17.7. The third kappa shape index (κ3) is 5.42. The number of allylic oxidation sites excluding steroid dienone is 1. The number of ether oxygens (including phenoxy) is 3. The third-order valence-electron chi connectivity index (χ3n) is 9.11. The summed E-state index contributed by atoms with van der Waals surface area (Å²) in [6.45, 7) is 0.408. The van der Waals surface area contributed by atoms with Gasteiger partial charge in [-0.15, -0.1) is 0 Å². The highest BCUT2D eigenvalue weighted by atomic mass is 127. The number of aryl methyl sites for hydroxylation is 1. The molecule has 2 aliphatic rings. The molecule has 6 nitrogen and oxygen atoms in total. The van der Waals surface area contributed by atoms with Gasteiger partial charge in [-0.05, 0) is 104 Å². The van der Waals surface area contributed by atoms with Crippen molar-refractivity contribution in [2.45, 2.75) is 25.5 Å². The quantitative estimate of drug-likeness (QED) is 0.157. The maximum Gasteiger partial charge on any atom is 0.271 e. The van der Waals surface area contributed by atoms with E-state index in [2.05, 4.69) is 89.3 Å². The van der Waals surface area contributed by atoms with Crippen LogP contribution in [0.3, 0.4) is 0 Å². The van der Waals surface area contributed by atoms with Gasteiger partial charge in [-0.25, -0.2) is 4.99 Å². The van der Waals surface area contributed by atoms with Crippen LogP contribution in [0.25, 0.3) is 22.5 Å². The summed E-state index contributed by atoms with van der Waals surface area (Å²) in [4.78, 5) is 20.1. The van der Waals surface area contributed by atoms with Gasteiger partial charge in [-0.1, -0.05) is 90.2 Å². The van der Waals surface area contributed by atoms with Crippen LogP contribution in [0, 0.1) is 3.57 Å². The summed E-state index contributed by atoms with van der Waals surface area (Å²) in [7, 11) is 3.31. The topological polar surface area (TPSA) is 62.0 Å².